The van der Waals surface area contributed by atoms with Crippen LogP contribution in [0, 0.1) is 0 Å². The van der Waals surface area contributed by atoms with Crippen LogP contribution >= 0.6 is 0 Å². The summed E-state index contributed by atoms with van der Waals surface area (Å²) >= 11 is 0. The van der Waals surface area contributed by atoms with Gasteiger partial charge in [0.25, 0.3) is 0 Å². The van der Waals surface area contributed by atoms with Gasteiger partial charge in [0.2, 0.25) is 0 Å². The highest BCUT2D eigenvalue weighted by Crippen LogP contribution is 2.41. The van der Waals surface area contributed by atoms with Crippen LogP contribution in [0.25, 0.3) is 16.8 Å². The Kier molecular flexibility index (Phi) is 4.90. The van der Waals surface area contributed by atoms with Crippen LogP contribution in [0.2, 0.25) is 0 Å². The summed E-state index contributed by atoms with van der Waals surface area (Å²) in [6.45, 7) is 13.4. The van der Waals surface area contributed by atoms with Crippen LogP contribution in [0.1, 0.15) is 52.9 Å². The number of nitrogens with zero attached hydrogens (tertiary/aromatic N) is 2. The summed E-state index contributed by atoms with van der Waals surface area (Å²) in [4.78, 5) is 0. The van der Waals surface area contributed by atoms with Crippen molar-refractivity contribution in [2.75, 3.05) is 7.11 Å². The van der Waals surface area contributed by atoms with Crippen LogP contribution in [0.15, 0.2) is 54.6 Å². The van der Waals surface area contributed by atoms with E-state index < -0.39 is 0 Å². The second kappa shape index (κ2) is 6.88. The van der Waals surface area contributed by atoms with E-state index in [0.29, 0.717) is 0 Å². The van der Waals surface area contributed by atoms with Gasteiger partial charge < -0.3 is 4.74 Å². The van der Waals surface area contributed by atoms with E-state index in [2.05, 4.69) is 82.6 Å². The molecule has 0 aliphatic rings. The van der Waals surface area contributed by atoms with Gasteiger partial charge in [0.1, 0.15) is 5.75 Å². The molecule has 0 fully saturated rings. The molecule has 2 aromatic carbocycles. The zero-order chi connectivity index (χ0) is 19.8. The van der Waals surface area contributed by atoms with E-state index >= 15 is 0 Å². The molecule has 27 heavy (non-hydrogen) atoms. The van der Waals surface area contributed by atoms with Gasteiger partial charge in [-0.15, -0.1) is 0 Å². The van der Waals surface area contributed by atoms with Crippen LogP contribution in [-0.4, -0.2) is 16.9 Å². The van der Waals surface area contributed by atoms with Gasteiger partial charge in [0.05, 0.1) is 24.2 Å². The van der Waals surface area contributed by atoms with Crippen LogP contribution in [0.4, 0.5) is 0 Å². The predicted octanol–water partition coefficient (Wildman–Crippen LogP) is 6.14. The Hall–Kier alpha value is -2.55. The number of hydrogen-bond acceptors (Lipinski definition) is 2. The van der Waals surface area contributed by atoms with Crippen molar-refractivity contribution in [1.29, 1.82) is 0 Å². The third-order valence-corrected chi connectivity index (χ3v) is 4.67. The maximum Gasteiger partial charge on any atom is 0.121 e. The standard InChI is InChI=1S/C24H30N2O/c1-23(2,3)21-20(17-12-9-8-10-13-17)22(24(4,5)6)26(25-21)18-14-11-15-19(16-18)27-7/h8-16H,1-7H3. The Bertz CT molecular complexity index is 925. The van der Waals surface area contributed by atoms with E-state index in [-0.39, 0.29) is 10.8 Å². The third kappa shape index (κ3) is 3.78. The maximum absolute atomic E-state index is 5.45. The molecule has 0 amide bonds. The average Bonchev–Trinajstić information content (AvgIpc) is 3.04. The van der Waals surface area contributed by atoms with E-state index in [1.807, 2.05) is 18.2 Å². The molecular formula is C24H30N2O. The van der Waals surface area contributed by atoms with Gasteiger partial charge in [-0.3, -0.25) is 0 Å². The Balaban J connectivity index is 2.40. The fourth-order valence-electron chi connectivity index (χ4n) is 3.44. The lowest BCUT2D eigenvalue weighted by atomic mass is 9.81. The lowest BCUT2D eigenvalue weighted by Gasteiger charge is -2.24. The maximum atomic E-state index is 5.45. The molecule has 0 N–H and O–H groups in total. The predicted molar refractivity (Wildman–Crippen MR) is 113 cm³/mol. The fraction of sp³-hybridized carbons (Fsp3) is 0.375. The van der Waals surface area contributed by atoms with Crippen molar-refractivity contribution < 1.29 is 4.74 Å². The summed E-state index contributed by atoms with van der Waals surface area (Å²) in [5.41, 5.74) is 5.64. The summed E-state index contributed by atoms with van der Waals surface area (Å²) in [6, 6.07) is 18.7. The minimum atomic E-state index is -0.0786. The van der Waals surface area contributed by atoms with Crippen molar-refractivity contribution in [3.8, 4) is 22.6 Å². The van der Waals surface area contributed by atoms with E-state index in [4.69, 9.17) is 9.84 Å². The largest absolute Gasteiger partial charge is 0.497 e. The minimum Gasteiger partial charge on any atom is -0.497 e. The minimum absolute atomic E-state index is 0.0741. The topological polar surface area (TPSA) is 27.1 Å². The summed E-state index contributed by atoms with van der Waals surface area (Å²) in [5, 5.41) is 5.13. The Morgan fingerprint density at radius 2 is 1.48 bits per heavy atom. The highest BCUT2D eigenvalue weighted by molar-refractivity contribution is 5.72. The molecule has 0 saturated heterocycles. The van der Waals surface area contributed by atoms with E-state index in [0.717, 1.165) is 17.1 Å². The SMILES string of the molecule is COc1cccc(-n2nc(C(C)(C)C)c(-c3ccccc3)c2C(C)(C)C)c1. The monoisotopic (exact) mass is 362 g/mol. The smallest absolute Gasteiger partial charge is 0.121 e. The van der Waals surface area contributed by atoms with Crippen molar-refractivity contribution in [2.24, 2.45) is 0 Å². The lowest BCUT2D eigenvalue weighted by molar-refractivity contribution is 0.414. The molecule has 3 heteroatoms. The Labute approximate surface area is 163 Å². The van der Waals surface area contributed by atoms with Crippen molar-refractivity contribution >= 4 is 0 Å². The molecule has 0 atom stereocenters. The summed E-state index contributed by atoms with van der Waals surface area (Å²) in [6.07, 6.45) is 0. The quantitative estimate of drug-likeness (QED) is 0.559. The van der Waals surface area contributed by atoms with Gasteiger partial charge in [0.15, 0.2) is 0 Å². The number of rotatable bonds is 3. The Morgan fingerprint density at radius 1 is 0.815 bits per heavy atom. The van der Waals surface area contributed by atoms with Crippen LogP contribution in [-0.2, 0) is 10.8 Å². The van der Waals surface area contributed by atoms with E-state index in [9.17, 15) is 0 Å². The molecule has 142 valence electrons. The molecule has 0 saturated carbocycles. The number of aromatic nitrogens is 2. The normalized spacial score (nSPS) is 12.3. The van der Waals surface area contributed by atoms with Gasteiger partial charge >= 0.3 is 0 Å². The van der Waals surface area contributed by atoms with Gasteiger partial charge in [-0.2, -0.15) is 5.10 Å². The molecular weight excluding hydrogens is 332 g/mol. The molecule has 0 aliphatic heterocycles. The molecule has 0 spiro atoms. The van der Waals surface area contributed by atoms with Crippen molar-refractivity contribution in [1.82, 2.24) is 9.78 Å². The number of benzene rings is 2. The van der Waals surface area contributed by atoms with Crippen molar-refractivity contribution in [3.05, 3.63) is 66.0 Å². The molecule has 3 nitrogen and oxygen atoms in total. The Morgan fingerprint density at radius 3 is 2.04 bits per heavy atom. The van der Waals surface area contributed by atoms with E-state index in [1.165, 1.54) is 16.8 Å². The van der Waals surface area contributed by atoms with Gasteiger partial charge in [-0.25, -0.2) is 4.68 Å². The van der Waals surface area contributed by atoms with Crippen LogP contribution in [0.3, 0.4) is 0 Å². The molecule has 0 bridgehead atoms. The number of ether oxygens (including phenoxy) is 1. The second-order valence-electron chi connectivity index (χ2n) is 9.05. The molecule has 3 aromatic rings. The molecule has 1 heterocycles. The summed E-state index contributed by atoms with van der Waals surface area (Å²) < 4.78 is 7.55. The molecule has 0 unspecified atom stereocenters. The summed E-state index contributed by atoms with van der Waals surface area (Å²) in [7, 11) is 1.70. The van der Waals surface area contributed by atoms with Gasteiger partial charge in [-0.05, 0) is 17.7 Å². The first-order chi connectivity index (χ1) is 12.6. The first kappa shape index (κ1) is 19.2. The lowest BCUT2D eigenvalue weighted by Crippen LogP contribution is -2.18. The van der Waals surface area contributed by atoms with Gasteiger partial charge in [-0.1, -0.05) is 77.9 Å². The first-order valence-corrected chi connectivity index (χ1v) is 9.47. The molecule has 0 aliphatic carbocycles. The third-order valence-electron chi connectivity index (χ3n) is 4.67. The fourth-order valence-corrected chi connectivity index (χ4v) is 3.44. The molecule has 3 rings (SSSR count). The van der Waals surface area contributed by atoms with Crippen LogP contribution in [0.5, 0.6) is 5.75 Å². The zero-order valence-electron chi connectivity index (χ0n) is 17.5. The van der Waals surface area contributed by atoms with Crippen molar-refractivity contribution in [2.45, 2.75) is 52.4 Å². The molecule has 1 aromatic heterocycles. The van der Waals surface area contributed by atoms with Crippen LogP contribution < -0.4 is 4.74 Å². The average molecular weight is 363 g/mol. The summed E-state index contributed by atoms with van der Waals surface area (Å²) in [5.74, 6) is 0.835. The van der Waals surface area contributed by atoms with Gasteiger partial charge in [0, 0.05) is 22.5 Å². The van der Waals surface area contributed by atoms with E-state index in [1.54, 1.807) is 7.11 Å². The highest BCUT2D eigenvalue weighted by atomic mass is 16.5. The van der Waals surface area contributed by atoms with Crippen molar-refractivity contribution in [3.63, 3.8) is 0 Å². The first-order valence-electron chi connectivity index (χ1n) is 9.47. The second-order valence-corrected chi connectivity index (χ2v) is 9.05. The zero-order valence-corrected chi connectivity index (χ0v) is 17.5. The number of methoxy groups -OCH3 is 1. The number of hydrogen-bond donors (Lipinski definition) is 0. The molecule has 0 radical (unpaired) electrons. The highest BCUT2D eigenvalue weighted by Gasteiger charge is 2.33.